The van der Waals surface area contributed by atoms with Gasteiger partial charge >= 0.3 is 0 Å². The molecule has 0 aliphatic heterocycles. The van der Waals surface area contributed by atoms with Gasteiger partial charge in [-0.3, -0.25) is 13.9 Å². The summed E-state index contributed by atoms with van der Waals surface area (Å²) >= 11 is 24.9. The molecule has 0 radical (unpaired) electrons. The van der Waals surface area contributed by atoms with Crippen molar-refractivity contribution >= 4 is 73.9 Å². The minimum absolute atomic E-state index is 0.0298. The van der Waals surface area contributed by atoms with Gasteiger partial charge in [0.25, 0.3) is 10.0 Å². The summed E-state index contributed by atoms with van der Waals surface area (Å²) in [6.45, 7) is 8.12. The number of carbonyl (C=O) groups is 2. The highest BCUT2D eigenvalue weighted by Crippen LogP contribution is 2.31. The fraction of sp³-hybridized carbons (Fsp3) is 0.310. The van der Waals surface area contributed by atoms with Crippen molar-refractivity contribution in [3.8, 4) is 0 Å². The first-order valence-electron chi connectivity index (χ1n) is 12.6. The van der Waals surface area contributed by atoms with E-state index in [1.807, 2.05) is 27.7 Å². The first-order valence-corrected chi connectivity index (χ1v) is 15.5. The van der Waals surface area contributed by atoms with E-state index in [0.717, 1.165) is 9.87 Å². The van der Waals surface area contributed by atoms with Crippen molar-refractivity contribution in [3.05, 3.63) is 91.9 Å². The van der Waals surface area contributed by atoms with Crippen LogP contribution in [0.1, 0.15) is 38.8 Å². The van der Waals surface area contributed by atoms with Crippen LogP contribution in [0.3, 0.4) is 0 Å². The van der Waals surface area contributed by atoms with Crippen molar-refractivity contribution in [2.24, 2.45) is 0 Å². The topological polar surface area (TPSA) is 86.8 Å². The van der Waals surface area contributed by atoms with E-state index in [9.17, 15) is 18.0 Å². The second-order valence-electron chi connectivity index (χ2n) is 10.6. The Balaban J connectivity index is 2.09. The van der Waals surface area contributed by atoms with Crippen molar-refractivity contribution in [2.75, 3.05) is 10.8 Å². The zero-order valence-electron chi connectivity index (χ0n) is 23.2. The van der Waals surface area contributed by atoms with Crippen molar-refractivity contribution < 1.29 is 18.0 Å². The molecule has 1 atom stereocenters. The van der Waals surface area contributed by atoms with E-state index in [0.29, 0.717) is 15.6 Å². The molecule has 12 heteroatoms. The van der Waals surface area contributed by atoms with Gasteiger partial charge in [0.05, 0.1) is 10.6 Å². The Morgan fingerprint density at radius 3 is 2.00 bits per heavy atom. The first-order chi connectivity index (χ1) is 19.0. The second kappa shape index (κ2) is 13.2. The minimum atomic E-state index is -4.27. The molecule has 1 N–H and O–H groups in total. The number of benzene rings is 3. The molecular formula is C29H31Cl4N3O4S. The van der Waals surface area contributed by atoms with Crippen molar-refractivity contribution in [1.29, 1.82) is 0 Å². The molecule has 0 saturated heterocycles. The van der Waals surface area contributed by atoms with E-state index < -0.39 is 40.0 Å². The summed E-state index contributed by atoms with van der Waals surface area (Å²) in [5.74, 6) is -1.07. The molecule has 2 amide bonds. The van der Waals surface area contributed by atoms with Gasteiger partial charge in [0.15, 0.2) is 0 Å². The highest BCUT2D eigenvalue weighted by atomic mass is 35.5. The van der Waals surface area contributed by atoms with Gasteiger partial charge in [-0.25, -0.2) is 8.42 Å². The van der Waals surface area contributed by atoms with Gasteiger partial charge in [-0.15, -0.1) is 0 Å². The number of halogens is 4. The minimum Gasteiger partial charge on any atom is -0.350 e. The fourth-order valence-electron chi connectivity index (χ4n) is 3.94. The van der Waals surface area contributed by atoms with Gasteiger partial charge in [0, 0.05) is 32.2 Å². The largest absolute Gasteiger partial charge is 0.350 e. The third-order valence-corrected chi connectivity index (χ3v) is 8.86. The molecule has 0 fully saturated rings. The van der Waals surface area contributed by atoms with Crippen LogP contribution in [0.2, 0.25) is 20.1 Å². The molecule has 3 aromatic rings. The van der Waals surface area contributed by atoms with Crippen LogP contribution < -0.4 is 9.62 Å². The maximum atomic E-state index is 14.0. The SMILES string of the molecule is Cc1ccc(S(=O)(=O)N(CC(=O)N(Cc2ccc(Cl)cc2Cl)[C@@H](C)C(=O)NC(C)(C)C)c2cc(Cl)cc(Cl)c2)cc1. The smallest absolute Gasteiger partial charge is 0.264 e. The molecule has 0 heterocycles. The lowest BCUT2D eigenvalue weighted by Crippen LogP contribution is -2.54. The van der Waals surface area contributed by atoms with Crippen LogP contribution in [-0.2, 0) is 26.2 Å². The molecule has 220 valence electrons. The second-order valence-corrected chi connectivity index (χ2v) is 14.2. The van der Waals surface area contributed by atoms with Gasteiger partial charge in [0.2, 0.25) is 11.8 Å². The van der Waals surface area contributed by atoms with E-state index in [4.69, 9.17) is 46.4 Å². The zero-order chi connectivity index (χ0) is 30.7. The van der Waals surface area contributed by atoms with Gasteiger partial charge in [-0.1, -0.05) is 70.2 Å². The maximum Gasteiger partial charge on any atom is 0.264 e. The van der Waals surface area contributed by atoms with Gasteiger partial charge in [-0.2, -0.15) is 0 Å². The molecule has 0 spiro atoms. The Hall–Kier alpha value is -2.49. The number of hydrogen-bond acceptors (Lipinski definition) is 4. The lowest BCUT2D eigenvalue weighted by atomic mass is 10.1. The van der Waals surface area contributed by atoms with Crippen LogP contribution in [0.25, 0.3) is 0 Å². The molecular weight excluding hydrogens is 628 g/mol. The highest BCUT2D eigenvalue weighted by Gasteiger charge is 2.34. The molecule has 3 aromatic carbocycles. The molecule has 0 aliphatic carbocycles. The summed E-state index contributed by atoms with van der Waals surface area (Å²) in [7, 11) is -4.27. The Morgan fingerprint density at radius 1 is 0.878 bits per heavy atom. The van der Waals surface area contributed by atoms with Crippen LogP contribution in [0.15, 0.2) is 65.6 Å². The Bertz CT molecular complexity index is 1520. The van der Waals surface area contributed by atoms with Gasteiger partial charge < -0.3 is 10.2 Å². The van der Waals surface area contributed by atoms with Crippen LogP contribution >= 0.6 is 46.4 Å². The average Bonchev–Trinajstić information content (AvgIpc) is 2.84. The number of hydrogen-bond donors (Lipinski definition) is 1. The first kappa shape index (κ1) is 33.0. The summed E-state index contributed by atoms with van der Waals surface area (Å²) < 4.78 is 28.8. The summed E-state index contributed by atoms with van der Waals surface area (Å²) in [5.41, 5.74) is 0.907. The standard InChI is InChI=1S/C29H31Cl4N3O4S/c1-18-6-10-25(11-7-18)41(39,40)36(24-13-22(31)12-23(32)14-24)17-27(37)35(19(2)28(38)34-29(3,4)5)16-20-8-9-21(30)15-26(20)33/h6-15,19H,16-17H2,1-5H3,(H,34,38)/t19-/m0/s1. The monoisotopic (exact) mass is 657 g/mol. The summed E-state index contributed by atoms with van der Waals surface area (Å²) in [6.07, 6.45) is 0. The van der Waals surface area contributed by atoms with E-state index in [1.54, 1.807) is 31.2 Å². The molecule has 0 aliphatic rings. The molecule has 0 unspecified atom stereocenters. The highest BCUT2D eigenvalue weighted by molar-refractivity contribution is 7.92. The number of amides is 2. The van der Waals surface area contributed by atoms with Crippen molar-refractivity contribution in [1.82, 2.24) is 10.2 Å². The van der Waals surface area contributed by atoms with Gasteiger partial charge in [-0.05, 0) is 82.6 Å². The third kappa shape index (κ3) is 8.75. The summed E-state index contributed by atoms with van der Waals surface area (Å²) in [6, 6.07) is 14.3. The predicted molar refractivity (Wildman–Crippen MR) is 167 cm³/mol. The van der Waals surface area contributed by atoms with Crippen LogP contribution in [0.5, 0.6) is 0 Å². The number of carbonyl (C=O) groups excluding carboxylic acids is 2. The van der Waals surface area contributed by atoms with Crippen molar-refractivity contribution in [2.45, 2.75) is 57.6 Å². The quantitative estimate of drug-likeness (QED) is 0.265. The fourth-order valence-corrected chi connectivity index (χ4v) is 6.32. The summed E-state index contributed by atoms with van der Waals surface area (Å²) in [4.78, 5) is 28.5. The predicted octanol–water partition coefficient (Wildman–Crippen LogP) is 7.14. The van der Waals surface area contributed by atoms with E-state index in [1.165, 1.54) is 41.3 Å². The molecule has 3 rings (SSSR count). The molecule has 0 aromatic heterocycles. The number of sulfonamides is 1. The molecule has 0 bridgehead atoms. The number of aryl methyl sites for hydroxylation is 1. The third-order valence-electron chi connectivity index (χ3n) is 6.04. The zero-order valence-corrected chi connectivity index (χ0v) is 27.1. The molecule has 41 heavy (non-hydrogen) atoms. The Labute approximate surface area is 261 Å². The summed E-state index contributed by atoms with van der Waals surface area (Å²) in [5, 5.41) is 3.95. The Morgan fingerprint density at radius 2 is 1.46 bits per heavy atom. The number of rotatable bonds is 9. The van der Waals surface area contributed by atoms with Crippen molar-refractivity contribution in [3.63, 3.8) is 0 Å². The average molecular weight is 659 g/mol. The number of anilines is 1. The molecule has 0 saturated carbocycles. The van der Waals surface area contributed by atoms with E-state index >= 15 is 0 Å². The van der Waals surface area contributed by atoms with Crippen LogP contribution in [0.4, 0.5) is 5.69 Å². The lowest BCUT2D eigenvalue weighted by Gasteiger charge is -2.33. The van der Waals surface area contributed by atoms with Crippen LogP contribution in [0, 0.1) is 6.92 Å². The number of nitrogens with zero attached hydrogens (tertiary/aromatic N) is 2. The van der Waals surface area contributed by atoms with Crippen LogP contribution in [-0.4, -0.2) is 43.3 Å². The maximum absolute atomic E-state index is 14.0. The number of nitrogens with one attached hydrogen (secondary N) is 1. The van der Waals surface area contributed by atoms with E-state index in [-0.39, 0.29) is 27.2 Å². The van der Waals surface area contributed by atoms with Gasteiger partial charge in [0.1, 0.15) is 12.6 Å². The molecule has 7 nitrogen and oxygen atoms in total. The van der Waals surface area contributed by atoms with E-state index in [2.05, 4.69) is 5.32 Å². The Kier molecular flexibility index (Phi) is 10.6. The lowest BCUT2D eigenvalue weighted by molar-refractivity contribution is -0.140. The normalized spacial score (nSPS) is 12.5.